The molecule has 0 saturated carbocycles. The van der Waals surface area contributed by atoms with E-state index in [2.05, 4.69) is 9.97 Å². The first-order valence-electron chi connectivity index (χ1n) is 6.64. The third-order valence-corrected chi connectivity index (χ3v) is 4.70. The Kier molecular flexibility index (Phi) is 4.78. The van der Waals surface area contributed by atoms with E-state index in [9.17, 15) is 22.0 Å². The zero-order valence-electron chi connectivity index (χ0n) is 12.7. The highest BCUT2D eigenvalue weighted by molar-refractivity contribution is 7.91. The predicted molar refractivity (Wildman–Crippen MR) is 80.5 cm³/mol. The largest absolute Gasteiger partial charge is 0.496 e. The molecule has 1 aromatic carbocycles. The molecule has 0 aliphatic rings. The van der Waals surface area contributed by atoms with E-state index in [1.165, 1.54) is 14.0 Å². The van der Waals surface area contributed by atoms with Crippen molar-refractivity contribution in [3.63, 3.8) is 0 Å². The van der Waals surface area contributed by atoms with Crippen LogP contribution in [-0.2, 0) is 9.84 Å². The van der Waals surface area contributed by atoms with Crippen LogP contribution in [0.5, 0.6) is 5.75 Å². The maximum absolute atomic E-state index is 13.4. The molecule has 24 heavy (non-hydrogen) atoms. The van der Waals surface area contributed by atoms with E-state index in [1.807, 2.05) is 0 Å². The van der Waals surface area contributed by atoms with Gasteiger partial charge in [-0.3, -0.25) is 4.79 Å². The molecule has 0 radical (unpaired) electrons. The molecule has 10 heteroatoms. The first-order chi connectivity index (χ1) is 11.2. The van der Waals surface area contributed by atoms with Crippen LogP contribution in [-0.4, -0.2) is 37.0 Å². The number of benzene rings is 1. The second-order valence-electron chi connectivity index (χ2n) is 4.65. The van der Waals surface area contributed by atoms with Crippen molar-refractivity contribution in [3.05, 3.63) is 41.1 Å². The Morgan fingerprint density at radius 2 is 1.88 bits per heavy atom. The topological polar surface area (TPSA) is 112 Å². The minimum absolute atomic E-state index is 0.205. The zero-order chi connectivity index (χ0) is 18.1. The summed E-state index contributed by atoms with van der Waals surface area (Å²) in [6.45, 7) is 1.40. The van der Waals surface area contributed by atoms with Crippen LogP contribution in [0, 0.1) is 11.6 Å². The molecule has 1 heterocycles. The second kappa shape index (κ2) is 6.48. The van der Waals surface area contributed by atoms with Gasteiger partial charge in [-0.1, -0.05) is 6.92 Å². The van der Waals surface area contributed by atoms with Crippen LogP contribution in [0.3, 0.4) is 0 Å². The molecule has 0 atom stereocenters. The monoisotopic (exact) mass is 357 g/mol. The normalized spacial score (nSPS) is 11.3. The van der Waals surface area contributed by atoms with Crippen molar-refractivity contribution in [2.45, 2.75) is 12.1 Å². The molecule has 0 spiro atoms. The van der Waals surface area contributed by atoms with Gasteiger partial charge in [-0.05, 0) is 6.07 Å². The van der Waals surface area contributed by atoms with Gasteiger partial charge in [0.25, 0.3) is 0 Å². The summed E-state index contributed by atoms with van der Waals surface area (Å²) < 4.78 is 54.9. The quantitative estimate of drug-likeness (QED) is 0.635. The van der Waals surface area contributed by atoms with Crippen molar-refractivity contribution in [3.8, 4) is 5.75 Å². The number of hydrogen-bond donors (Lipinski definition) is 1. The number of hydrogen-bond acceptors (Lipinski definition) is 7. The van der Waals surface area contributed by atoms with E-state index in [0.717, 1.165) is 12.3 Å². The van der Waals surface area contributed by atoms with Gasteiger partial charge in [0, 0.05) is 12.3 Å². The minimum Gasteiger partial charge on any atom is -0.496 e. The van der Waals surface area contributed by atoms with Gasteiger partial charge in [-0.2, -0.15) is 0 Å². The second-order valence-corrected chi connectivity index (χ2v) is 6.82. The molecular weight excluding hydrogens is 344 g/mol. The highest BCUT2D eigenvalue weighted by Crippen LogP contribution is 2.26. The van der Waals surface area contributed by atoms with Crippen molar-refractivity contribution in [1.29, 1.82) is 0 Å². The molecule has 128 valence electrons. The summed E-state index contributed by atoms with van der Waals surface area (Å²) in [5, 5.41) is -0.517. The number of nitrogen functional groups attached to an aromatic ring is 1. The van der Waals surface area contributed by atoms with E-state index < -0.39 is 38.2 Å². The average molecular weight is 357 g/mol. The molecule has 2 N–H and O–H groups in total. The number of methoxy groups -OCH3 is 1. The Morgan fingerprint density at radius 3 is 2.42 bits per heavy atom. The fraction of sp³-hybridized carbons (Fsp3) is 0.214. The molecule has 0 amide bonds. The number of rotatable bonds is 5. The van der Waals surface area contributed by atoms with Crippen LogP contribution in [0.1, 0.15) is 22.8 Å². The summed E-state index contributed by atoms with van der Waals surface area (Å²) in [5.41, 5.74) is 5.08. The number of aromatic nitrogens is 2. The van der Waals surface area contributed by atoms with Crippen LogP contribution >= 0.6 is 0 Å². The lowest BCUT2D eigenvalue weighted by Gasteiger charge is -2.10. The first-order valence-corrected chi connectivity index (χ1v) is 8.29. The summed E-state index contributed by atoms with van der Waals surface area (Å²) in [6.07, 6.45) is 0.925. The molecule has 2 aromatic rings. The molecular formula is C14H13F2N3O4S. The summed E-state index contributed by atoms with van der Waals surface area (Å²) in [6, 6.07) is 1.38. The fourth-order valence-corrected chi connectivity index (χ4v) is 2.56. The van der Waals surface area contributed by atoms with Crippen LogP contribution in [0.2, 0.25) is 0 Å². The summed E-state index contributed by atoms with van der Waals surface area (Å²) in [7, 11) is -2.52. The van der Waals surface area contributed by atoms with Gasteiger partial charge in [0.2, 0.25) is 20.8 Å². The van der Waals surface area contributed by atoms with Gasteiger partial charge >= 0.3 is 0 Å². The Hall–Kier alpha value is -2.62. The third kappa shape index (κ3) is 3.18. The smallest absolute Gasteiger partial charge is 0.249 e. The van der Waals surface area contributed by atoms with E-state index in [4.69, 9.17) is 10.5 Å². The maximum Gasteiger partial charge on any atom is 0.249 e. The minimum atomic E-state index is -3.70. The lowest BCUT2D eigenvalue weighted by molar-refractivity contribution is 0.103. The first kappa shape index (κ1) is 17.7. The van der Waals surface area contributed by atoms with Crippen molar-refractivity contribution >= 4 is 21.4 Å². The zero-order valence-corrected chi connectivity index (χ0v) is 13.5. The van der Waals surface area contributed by atoms with Gasteiger partial charge in [0.1, 0.15) is 11.6 Å². The lowest BCUT2D eigenvalue weighted by Crippen LogP contribution is -2.15. The van der Waals surface area contributed by atoms with Gasteiger partial charge in [0.05, 0.1) is 24.0 Å². The predicted octanol–water partition coefficient (Wildman–Crippen LogP) is 1.37. The van der Waals surface area contributed by atoms with Crippen molar-refractivity contribution < 1.29 is 26.7 Å². The number of sulfone groups is 1. The number of ether oxygens (including phenoxy) is 1. The van der Waals surface area contributed by atoms with Gasteiger partial charge in [0.15, 0.2) is 11.6 Å². The molecule has 0 unspecified atom stereocenters. The molecule has 0 aliphatic heterocycles. The molecule has 0 saturated heterocycles. The summed E-state index contributed by atoms with van der Waals surface area (Å²) in [5.74, 6) is -4.10. The van der Waals surface area contributed by atoms with E-state index in [1.54, 1.807) is 0 Å². The van der Waals surface area contributed by atoms with Crippen molar-refractivity contribution in [2.24, 2.45) is 0 Å². The number of anilines is 1. The molecule has 0 bridgehead atoms. The number of ketones is 1. The van der Waals surface area contributed by atoms with Gasteiger partial charge < -0.3 is 10.5 Å². The number of carbonyl (C=O) groups excluding carboxylic acids is 1. The standard InChI is InChI=1S/C14H13F2N3O4S/c1-3-24(21,22)14-18-6-8(13(17)19-14)12(20)7-4-9(15)10(16)5-11(7)23-2/h4-6H,3H2,1-2H3,(H2,17,18,19). The Bertz CT molecular complexity index is 916. The molecule has 2 rings (SSSR count). The fourth-order valence-electron chi connectivity index (χ4n) is 1.85. The van der Waals surface area contributed by atoms with Gasteiger partial charge in [-0.15, -0.1) is 0 Å². The number of halogens is 2. The molecule has 0 aliphatic carbocycles. The summed E-state index contributed by atoms with van der Waals surface area (Å²) in [4.78, 5) is 19.7. The van der Waals surface area contributed by atoms with Crippen LogP contribution < -0.4 is 10.5 Å². The number of nitrogens with zero attached hydrogens (tertiary/aromatic N) is 2. The Labute approximate surface area is 136 Å². The molecule has 1 aromatic heterocycles. The highest BCUT2D eigenvalue weighted by atomic mass is 32.2. The van der Waals surface area contributed by atoms with Crippen LogP contribution in [0.4, 0.5) is 14.6 Å². The highest BCUT2D eigenvalue weighted by Gasteiger charge is 2.23. The average Bonchev–Trinajstić information content (AvgIpc) is 2.56. The number of nitrogens with two attached hydrogens (primary N) is 1. The lowest BCUT2D eigenvalue weighted by atomic mass is 10.0. The summed E-state index contributed by atoms with van der Waals surface area (Å²) >= 11 is 0. The van der Waals surface area contributed by atoms with Crippen LogP contribution in [0.15, 0.2) is 23.5 Å². The Balaban J connectivity index is 2.54. The molecule has 7 nitrogen and oxygen atoms in total. The van der Waals surface area contributed by atoms with E-state index in [0.29, 0.717) is 6.07 Å². The van der Waals surface area contributed by atoms with Gasteiger partial charge in [-0.25, -0.2) is 27.2 Å². The number of carbonyl (C=O) groups is 1. The SMILES string of the molecule is CCS(=O)(=O)c1ncc(C(=O)c2cc(F)c(F)cc2OC)c(N)n1. The van der Waals surface area contributed by atoms with Crippen molar-refractivity contribution in [2.75, 3.05) is 18.6 Å². The third-order valence-electron chi connectivity index (χ3n) is 3.19. The van der Waals surface area contributed by atoms with Crippen molar-refractivity contribution in [1.82, 2.24) is 9.97 Å². The van der Waals surface area contributed by atoms with E-state index in [-0.39, 0.29) is 22.6 Å². The van der Waals surface area contributed by atoms with Crippen LogP contribution in [0.25, 0.3) is 0 Å². The molecule has 0 fully saturated rings. The van der Waals surface area contributed by atoms with E-state index >= 15 is 0 Å². The Morgan fingerprint density at radius 1 is 1.25 bits per heavy atom. The maximum atomic E-state index is 13.4.